The molecular formula is C20H21ClN4O2. The van der Waals surface area contributed by atoms with E-state index in [0.717, 1.165) is 16.5 Å². The number of aromatic nitrogens is 2. The van der Waals surface area contributed by atoms with Gasteiger partial charge in [-0.2, -0.15) is 10.2 Å². The number of fused-ring (bicyclic) bond motifs is 1. The molecule has 3 rings (SSSR count). The van der Waals surface area contributed by atoms with E-state index < -0.39 is 5.91 Å². The number of hydrogen-bond donors (Lipinski definition) is 2. The molecule has 6 nitrogen and oxygen atoms in total. The van der Waals surface area contributed by atoms with Crippen LogP contribution in [0.4, 0.5) is 0 Å². The number of aryl methyl sites for hydroxylation is 1. The Hall–Kier alpha value is -2.86. The van der Waals surface area contributed by atoms with Gasteiger partial charge in [-0.15, -0.1) is 0 Å². The summed E-state index contributed by atoms with van der Waals surface area (Å²) in [5.41, 5.74) is 3.97. The Balaban J connectivity index is 1.78. The molecule has 2 aromatic carbocycles. The molecule has 0 saturated carbocycles. The molecule has 0 bridgehead atoms. The fourth-order valence-electron chi connectivity index (χ4n) is 2.81. The predicted octanol–water partition coefficient (Wildman–Crippen LogP) is 4.12. The molecule has 3 aromatic rings. The van der Waals surface area contributed by atoms with Gasteiger partial charge in [0.1, 0.15) is 10.9 Å². The van der Waals surface area contributed by atoms with E-state index in [4.69, 9.17) is 11.6 Å². The number of nitrogens with zero attached hydrogens (tertiary/aromatic N) is 3. The maximum atomic E-state index is 12.4. The van der Waals surface area contributed by atoms with Gasteiger partial charge in [-0.25, -0.2) is 5.43 Å². The van der Waals surface area contributed by atoms with Crippen LogP contribution in [0.15, 0.2) is 41.5 Å². The lowest BCUT2D eigenvalue weighted by Gasteiger charge is -2.06. The van der Waals surface area contributed by atoms with E-state index in [2.05, 4.69) is 29.5 Å². The summed E-state index contributed by atoms with van der Waals surface area (Å²) >= 11 is 6.35. The molecule has 1 aromatic heterocycles. The minimum atomic E-state index is -0.502. The first kappa shape index (κ1) is 18.9. The summed E-state index contributed by atoms with van der Waals surface area (Å²) in [5, 5.41) is 20.7. The number of hydrogen-bond acceptors (Lipinski definition) is 4. The number of hydrazone groups is 1. The van der Waals surface area contributed by atoms with Gasteiger partial charge in [-0.3, -0.25) is 9.48 Å². The predicted molar refractivity (Wildman–Crippen MR) is 107 cm³/mol. The van der Waals surface area contributed by atoms with Gasteiger partial charge in [0, 0.05) is 6.54 Å². The second kappa shape index (κ2) is 7.80. The highest BCUT2D eigenvalue weighted by atomic mass is 35.5. The molecule has 0 atom stereocenters. The third kappa shape index (κ3) is 4.11. The molecule has 140 valence electrons. The zero-order valence-electron chi connectivity index (χ0n) is 15.4. The number of rotatable bonds is 5. The molecule has 0 radical (unpaired) electrons. The van der Waals surface area contributed by atoms with Crippen LogP contribution in [0, 0.1) is 12.8 Å². The van der Waals surface area contributed by atoms with Gasteiger partial charge in [0.15, 0.2) is 0 Å². The SMILES string of the molecule is Cc1nn(CC(C)C)c(Cl)c1/C=N\NC(=O)c1cc2ccccc2cc1O. The maximum absolute atomic E-state index is 12.4. The zero-order valence-corrected chi connectivity index (χ0v) is 16.2. The number of nitrogens with one attached hydrogen (secondary N) is 1. The number of benzene rings is 2. The van der Waals surface area contributed by atoms with Crippen LogP contribution >= 0.6 is 11.6 Å². The van der Waals surface area contributed by atoms with Crippen LogP contribution in [0.3, 0.4) is 0 Å². The molecule has 2 N–H and O–H groups in total. The second-order valence-corrected chi connectivity index (χ2v) is 7.14. The Labute approximate surface area is 162 Å². The molecule has 0 unspecified atom stereocenters. The van der Waals surface area contributed by atoms with Crippen molar-refractivity contribution in [2.24, 2.45) is 11.0 Å². The fraction of sp³-hybridized carbons (Fsp3) is 0.250. The third-order valence-electron chi connectivity index (χ3n) is 4.12. The number of amides is 1. The van der Waals surface area contributed by atoms with Crippen molar-refractivity contribution in [3.8, 4) is 5.75 Å². The molecule has 0 aliphatic rings. The number of carbonyl (C=O) groups excluding carboxylic acids is 1. The highest BCUT2D eigenvalue weighted by Gasteiger charge is 2.14. The Kier molecular flexibility index (Phi) is 5.46. The molecule has 0 spiro atoms. The van der Waals surface area contributed by atoms with Crippen molar-refractivity contribution in [2.75, 3.05) is 0 Å². The minimum Gasteiger partial charge on any atom is -0.507 e. The fourth-order valence-corrected chi connectivity index (χ4v) is 3.10. The van der Waals surface area contributed by atoms with Crippen molar-refractivity contribution < 1.29 is 9.90 Å². The van der Waals surface area contributed by atoms with Gasteiger partial charge >= 0.3 is 0 Å². The summed E-state index contributed by atoms with van der Waals surface area (Å²) < 4.78 is 1.72. The number of aromatic hydroxyl groups is 1. The van der Waals surface area contributed by atoms with Crippen LogP contribution in [0.25, 0.3) is 10.8 Å². The van der Waals surface area contributed by atoms with Crippen LogP contribution in [-0.2, 0) is 6.54 Å². The van der Waals surface area contributed by atoms with Gasteiger partial charge < -0.3 is 5.11 Å². The van der Waals surface area contributed by atoms with E-state index in [1.54, 1.807) is 16.8 Å². The normalized spacial score (nSPS) is 11.6. The zero-order chi connectivity index (χ0) is 19.6. The first-order chi connectivity index (χ1) is 12.9. The average Bonchev–Trinajstić information content (AvgIpc) is 2.87. The molecule has 0 aliphatic heterocycles. The first-order valence-electron chi connectivity index (χ1n) is 8.65. The molecule has 0 fully saturated rings. The van der Waals surface area contributed by atoms with Gasteiger partial charge in [0.25, 0.3) is 5.91 Å². The standard InChI is InChI=1S/C20H21ClN4O2/c1-12(2)11-25-19(21)17(13(3)24-25)10-22-23-20(27)16-8-14-6-4-5-7-15(14)9-18(16)26/h4-10,12,26H,11H2,1-3H3,(H,23,27)/b22-10-. The van der Waals surface area contributed by atoms with Crippen molar-refractivity contribution in [2.45, 2.75) is 27.3 Å². The summed E-state index contributed by atoms with van der Waals surface area (Å²) in [5.74, 6) is -0.194. The van der Waals surface area contributed by atoms with Gasteiger partial charge in [-0.05, 0) is 35.7 Å². The summed E-state index contributed by atoms with van der Waals surface area (Å²) in [7, 11) is 0. The number of phenols is 1. The number of carbonyl (C=O) groups is 1. The van der Waals surface area contributed by atoms with Crippen molar-refractivity contribution in [3.05, 3.63) is 58.4 Å². The van der Waals surface area contributed by atoms with E-state index in [1.165, 1.54) is 6.21 Å². The topological polar surface area (TPSA) is 79.5 Å². The monoisotopic (exact) mass is 384 g/mol. The summed E-state index contributed by atoms with van der Waals surface area (Å²) in [6.07, 6.45) is 1.47. The van der Waals surface area contributed by atoms with Crippen molar-refractivity contribution in [1.82, 2.24) is 15.2 Å². The average molecular weight is 385 g/mol. The molecule has 0 aliphatic carbocycles. The Morgan fingerprint density at radius 1 is 1.33 bits per heavy atom. The quantitative estimate of drug-likeness (QED) is 0.513. The first-order valence-corrected chi connectivity index (χ1v) is 9.02. The smallest absolute Gasteiger partial charge is 0.275 e. The minimum absolute atomic E-state index is 0.0969. The Morgan fingerprint density at radius 2 is 2.00 bits per heavy atom. The third-order valence-corrected chi connectivity index (χ3v) is 4.51. The van der Waals surface area contributed by atoms with Crippen LogP contribution in [0.2, 0.25) is 5.15 Å². The molecule has 7 heteroatoms. The number of halogens is 1. The van der Waals surface area contributed by atoms with E-state index in [9.17, 15) is 9.90 Å². The highest BCUT2D eigenvalue weighted by Crippen LogP contribution is 2.25. The summed E-state index contributed by atoms with van der Waals surface area (Å²) in [6, 6.07) is 10.7. The maximum Gasteiger partial charge on any atom is 0.275 e. The summed E-state index contributed by atoms with van der Waals surface area (Å²) in [4.78, 5) is 12.4. The largest absolute Gasteiger partial charge is 0.507 e. The lowest BCUT2D eigenvalue weighted by Crippen LogP contribution is -2.17. The molecule has 1 heterocycles. The van der Waals surface area contributed by atoms with Crippen LogP contribution in [-0.4, -0.2) is 27.0 Å². The second-order valence-electron chi connectivity index (χ2n) is 6.78. The van der Waals surface area contributed by atoms with Crippen molar-refractivity contribution >= 4 is 34.5 Å². The summed E-state index contributed by atoms with van der Waals surface area (Å²) in [6.45, 7) is 6.70. The van der Waals surface area contributed by atoms with E-state index in [1.807, 2.05) is 31.2 Å². The van der Waals surface area contributed by atoms with Gasteiger partial charge in [-0.1, -0.05) is 49.7 Å². The lowest BCUT2D eigenvalue weighted by molar-refractivity contribution is 0.0952. The highest BCUT2D eigenvalue weighted by molar-refractivity contribution is 6.32. The molecule has 27 heavy (non-hydrogen) atoms. The molecule has 1 amide bonds. The van der Waals surface area contributed by atoms with Crippen molar-refractivity contribution in [3.63, 3.8) is 0 Å². The van der Waals surface area contributed by atoms with Crippen LogP contribution < -0.4 is 5.43 Å². The van der Waals surface area contributed by atoms with Crippen LogP contribution in [0.1, 0.15) is 35.5 Å². The van der Waals surface area contributed by atoms with E-state index >= 15 is 0 Å². The molecular weight excluding hydrogens is 364 g/mol. The Bertz CT molecular complexity index is 1020. The van der Waals surface area contributed by atoms with Gasteiger partial charge in [0.05, 0.1) is 23.0 Å². The number of phenolic OH excluding ortho intramolecular Hbond substituents is 1. The van der Waals surface area contributed by atoms with Gasteiger partial charge in [0.2, 0.25) is 0 Å². The molecule has 0 saturated heterocycles. The van der Waals surface area contributed by atoms with E-state index in [-0.39, 0.29) is 11.3 Å². The Morgan fingerprint density at radius 3 is 2.67 bits per heavy atom. The van der Waals surface area contributed by atoms with E-state index in [0.29, 0.717) is 23.2 Å². The van der Waals surface area contributed by atoms with Crippen molar-refractivity contribution in [1.29, 1.82) is 0 Å². The lowest BCUT2D eigenvalue weighted by atomic mass is 10.1. The van der Waals surface area contributed by atoms with Crippen LogP contribution in [0.5, 0.6) is 5.75 Å².